The van der Waals surface area contributed by atoms with Crippen molar-refractivity contribution in [1.82, 2.24) is 4.98 Å². The summed E-state index contributed by atoms with van der Waals surface area (Å²) < 4.78 is 11.9. The van der Waals surface area contributed by atoms with Gasteiger partial charge in [-0.25, -0.2) is 4.98 Å². The molecule has 2 rings (SSSR count). The molecular formula is C16H24N2O2S. The number of ether oxygens (including phenoxy) is 2. The summed E-state index contributed by atoms with van der Waals surface area (Å²) in [5.74, 6) is 0.888. The number of nitrogens with zero attached hydrogens (tertiary/aromatic N) is 1. The molecule has 1 aromatic carbocycles. The molecule has 0 fully saturated rings. The smallest absolute Gasteiger partial charge is 0.184 e. The first-order valence-electron chi connectivity index (χ1n) is 7.10. The highest BCUT2D eigenvalue weighted by Crippen LogP contribution is 2.41. The SMILES string of the molecule is COCCNc1nc2c(OC)c(C(C)(C)C)cc(C)c2s1. The van der Waals surface area contributed by atoms with Gasteiger partial charge in [-0.15, -0.1) is 0 Å². The molecule has 0 spiro atoms. The Kier molecular flexibility index (Phi) is 4.74. The summed E-state index contributed by atoms with van der Waals surface area (Å²) in [6, 6.07) is 2.22. The summed E-state index contributed by atoms with van der Waals surface area (Å²) in [5, 5.41) is 4.21. The van der Waals surface area contributed by atoms with E-state index in [2.05, 4.69) is 39.1 Å². The Morgan fingerprint density at radius 1 is 1.29 bits per heavy atom. The number of nitrogens with one attached hydrogen (secondary N) is 1. The normalized spacial score (nSPS) is 11.9. The molecule has 0 amide bonds. The van der Waals surface area contributed by atoms with Crippen LogP contribution in [0.5, 0.6) is 5.75 Å². The fourth-order valence-corrected chi connectivity index (χ4v) is 3.28. The third kappa shape index (κ3) is 3.30. The van der Waals surface area contributed by atoms with Crippen LogP contribution in [0, 0.1) is 6.92 Å². The van der Waals surface area contributed by atoms with Gasteiger partial charge in [0.15, 0.2) is 5.13 Å². The number of aryl methyl sites for hydroxylation is 1. The Labute approximate surface area is 130 Å². The average Bonchev–Trinajstić information content (AvgIpc) is 2.82. The molecule has 1 aromatic heterocycles. The second kappa shape index (κ2) is 6.20. The molecule has 5 heteroatoms. The number of aromatic nitrogens is 1. The van der Waals surface area contributed by atoms with Crippen LogP contribution in [-0.4, -0.2) is 32.4 Å². The van der Waals surface area contributed by atoms with Crippen molar-refractivity contribution in [2.24, 2.45) is 0 Å². The zero-order valence-electron chi connectivity index (χ0n) is 13.7. The lowest BCUT2D eigenvalue weighted by Gasteiger charge is -2.23. The van der Waals surface area contributed by atoms with Crippen LogP contribution in [0.1, 0.15) is 31.9 Å². The second-order valence-electron chi connectivity index (χ2n) is 6.14. The molecule has 0 aliphatic carbocycles. The van der Waals surface area contributed by atoms with Crippen molar-refractivity contribution < 1.29 is 9.47 Å². The Morgan fingerprint density at radius 3 is 2.57 bits per heavy atom. The zero-order valence-corrected chi connectivity index (χ0v) is 14.5. The summed E-state index contributed by atoms with van der Waals surface area (Å²) in [7, 11) is 3.42. The summed E-state index contributed by atoms with van der Waals surface area (Å²) in [6.07, 6.45) is 0. The van der Waals surface area contributed by atoms with E-state index in [1.807, 2.05) is 0 Å². The minimum atomic E-state index is 0.0253. The largest absolute Gasteiger partial charge is 0.494 e. The summed E-state index contributed by atoms with van der Waals surface area (Å²) >= 11 is 1.67. The van der Waals surface area contributed by atoms with E-state index in [0.717, 1.165) is 22.9 Å². The van der Waals surface area contributed by atoms with Gasteiger partial charge >= 0.3 is 0 Å². The van der Waals surface area contributed by atoms with Gasteiger partial charge in [0.25, 0.3) is 0 Å². The van der Waals surface area contributed by atoms with Crippen molar-refractivity contribution in [3.8, 4) is 5.75 Å². The van der Waals surface area contributed by atoms with Gasteiger partial charge < -0.3 is 14.8 Å². The maximum absolute atomic E-state index is 5.67. The highest BCUT2D eigenvalue weighted by molar-refractivity contribution is 7.22. The number of hydrogen-bond donors (Lipinski definition) is 1. The fraction of sp³-hybridized carbons (Fsp3) is 0.562. The summed E-state index contributed by atoms with van der Waals surface area (Å²) in [4.78, 5) is 4.72. The first kappa shape index (κ1) is 16.0. The first-order chi connectivity index (χ1) is 9.88. The van der Waals surface area contributed by atoms with Crippen molar-refractivity contribution in [3.05, 3.63) is 17.2 Å². The van der Waals surface area contributed by atoms with Crippen LogP contribution in [0.2, 0.25) is 0 Å². The number of hydrogen-bond acceptors (Lipinski definition) is 5. The van der Waals surface area contributed by atoms with Gasteiger partial charge in [-0.1, -0.05) is 38.2 Å². The maximum atomic E-state index is 5.67. The molecule has 21 heavy (non-hydrogen) atoms. The third-order valence-corrected chi connectivity index (χ3v) is 4.55. The third-order valence-electron chi connectivity index (χ3n) is 3.40. The van der Waals surface area contributed by atoms with Gasteiger partial charge in [0.2, 0.25) is 0 Å². The molecule has 0 aliphatic rings. The molecule has 0 bridgehead atoms. The molecular weight excluding hydrogens is 284 g/mol. The van der Waals surface area contributed by atoms with Crippen molar-refractivity contribution in [2.45, 2.75) is 33.1 Å². The van der Waals surface area contributed by atoms with E-state index in [-0.39, 0.29) is 5.41 Å². The molecule has 4 nitrogen and oxygen atoms in total. The molecule has 0 atom stereocenters. The lowest BCUT2D eigenvalue weighted by molar-refractivity contribution is 0.211. The maximum Gasteiger partial charge on any atom is 0.184 e. The number of anilines is 1. The number of fused-ring (bicyclic) bond motifs is 1. The van der Waals surface area contributed by atoms with Gasteiger partial charge in [0, 0.05) is 19.2 Å². The molecule has 2 aromatic rings. The molecule has 0 aliphatic heterocycles. The Morgan fingerprint density at radius 2 is 2.00 bits per heavy atom. The van der Waals surface area contributed by atoms with Gasteiger partial charge in [-0.2, -0.15) is 0 Å². The van der Waals surface area contributed by atoms with E-state index < -0.39 is 0 Å². The summed E-state index contributed by atoms with van der Waals surface area (Å²) in [6.45, 7) is 10.1. The van der Waals surface area contributed by atoms with E-state index >= 15 is 0 Å². The second-order valence-corrected chi connectivity index (χ2v) is 7.14. The van der Waals surface area contributed by atoms with Crippen LogP contribution >= 0.6 is 11.3 Å². The fourth-order valence-electron chi connectivity index (χ4n) is 2.32. The minimum absolute atomic E-state index is 0.0253. The number of rotatable bonds is 5. The molecule has 1 N–H and O–H groups in total. The van der Waals surface area contributed by atoms with E-state index in [9.17, 15) is 0 Å². The lowest BCUT2D eigenvalue weighted by atomic mass is 9.85. The van der Waals surface area contributed by atoms with Crippen LogP contribution in [0.3, 0.4) is 0 Å². The number of thiazole rings is 1. The average molecular weight is 308 g/mol. The molecule has 0 unspecified atom stereocenters. The molecule has 0 saturated heterocycles. The van der Waals surface area contributed by atoms with Gasteiger partial charge in [-0.3, -0.25) is 0 Å². The van der Waals surface area contributed by atoms with Gasteiger partial charge in [0.05, 0.1) is 18.4 Å². The topological polar surface area (TPSA) is 43.4 Å². The molecule has 0 saturated carbocycles. The Balaban J connectivity index is 2.52. The Bertz CT molecular complexity index is 629. The first-order valence-corrected chi connectivity index (χ1v) is 7.91. The summed E-state index contributed by atoms with van der Waals surface area (Å²) in [5.41, 5.74) is 3.42. The zero-order chi connectivity index (χ0) is 15.6. The monoisotopic (exact) mass is 308 g/mol. The minimum Gasteiger partial charge on any atom is -0.494 e. The van der Waals surface area contributed by atoms with Crippen molar-refractivity contribution in [2.75, 3.05) is 32.7 Å². The molecule has 1 heterocycles. The van der Waals surface area contributed by atoms with Crippen LogP contribution < -0.4 is 10.1 Å². The van der Waals surface area contributed by atoms with Gasteiger partial charge in [0.1, 0.15) is 11.3 Å². The quantitative estimate of drug-likeness (QED) is 0.849. The standard InChI is InChI=1S/C16H24N2O2S/c1-10-9-11(16(2,3)4)13(20-6)12-14(10)21-15(18-12)17-7-8-19-5/h9H,7-8H2,1-6H3,(H,17,18). The van der Waals surface area contributed by atoms with Crippen molar-refractivity contribution in [1.29, 1.82) is 0 Å². The Hall–Kier alpha value is -1.33. The van der Waals surface area contributed by atoms with Gasteiger partial charge in [-0.05, 0) is 17.9 Å². The number of benzene rings is 1. The van der Waals surface area contributed by atoms with E-state index in [1.54, 1.807) is 25.6 Å². The van der Waals surface area contributed by atoms with E-state index in [0.29, 0.717) is 6.61 Å². The van der Waals surface area contributed by atoms with Crippen LogP contribution in [0.15, 0.2) is 6.07 Å². The van der Waals surface area contributed by atoms with E-state index in [1.165, 1.54) is 15.8 Å². The molecule has 116 valence electrons. The van der Waals surface area contributed by atoms with Crippen molar-refractivity contribution >= 4 is 26.7 Å². The predicted octanol–water partition coefficient (Wildman–Crippen LogP) is 3.97. The van der Waals surface area contributed by atoms with E-state index in [4.69, 9.17) is 14.5 Å². The highest BCUT2D eigenvalue weighted by atomic mass is 32.1. The van der Waals surface area contributed by atoms with Crippen LogP contribution in [0.25, 0.3) is 10.2 Å². The molecule has 0 radical (unpaired) electrons. The van der Waals surface area contributed by atoms with Crippen molar-refractivity contribution in [3.63, 3.8) is 0 Å². The number of methoxy groups -OCH3 is 2. The predicted molar refractivity (Wildman–Crippen MR) is 90.0 cm³/mol. The lowest BCUT2D eigenvalue weighted by Crippen LogP contribution is -2.13. The van der Waals surface area contributed by atoms with Crippen LogP contribution in [-0.2, 0) is 10.2 Å². The van der Waals surface area contributed by atoms with Crippen LogP contribution in [0.4, 0.5) is 5.13 Å². The highest BCUT2D eigenvalue weighted by Gasteiger charge is 2.24.